The Hall–Kier alpha value is -0.770. The lowest BCUT2D eigenvalue weighted by atomic mass is 10.2. The van der Waals surface area contributed by atoms with Crippen molar-refractivity contribution in [1.82, 2.24) is 4.98 Å². The minimum Gasteiger partial charge on any atom is -0.455 e. The van der Waals surface area contributed by atoms with Gasteiger partial charge in [-0.25, -0.2) is 0 Å². The molecule has 0 fully saturated rings. The zero-order valence-electron chi connectivity index (χ0n) is 8.66. The van der Waals surface area contributed by atoms with Crippen molar-refractivity contribution >= 4 is 39.1 Å². The Morgan fingerprint density at radius 1 is 1.12 bits per heavy atom. The van der Waals surface area contributed by atoms with E-state index in [0.29, 0.717) is 21.1 Å². The van der Waals surface area contributed by atoms with E-state index >= 15 is 0 Å². The van der Waals surface area contributed by atoms with Crippen LogP contribution in [0.5, 0.6) is 11.5 Å². The van der Waals surface area contributed by atoms with Crippen molar-refractivity contribution in [3.05, 3.63) is 52.3 Å². The van der Waals surface area contributed by atoms with Gasteiger partial charge in [0, 0.05) is 28.2 Å². The van der Waals surface area contributed by atoms with E-state index in [4.69, 9.17) is 27.9 Å². The Kier molecular flexibility index (Phi) is 4.26. The van der Waals surface area contributed by atoms with Gasteiger partial charge < -0.3 is 4.74 Å². The first-order valence-electron chi connectivity index (χ1n) is 4.82. The summed E-state index contributed by atoms with van der Waals surface area (Å²) < 4.78 is 5.70. The van der Waals surface area contributed by atoms with Gasteiger partial charge in [0.2, 0.25) is 0 Å². The summed E-state index contributed by atoms with van der Waals surface area (Å²) in [5, 5.41) is 1.88. The summed E-state index contributed by atoms with van der Waals surface area (Å²) in [6.07, 6.45) is 3.17. The van der Waals surface area contributed by atoms with Crippen LogP contribution in [0.15, 0.2) is 36.7 Å². The van der Waals surface area contributed by atoms with Crippen LogP contribution in [-0.2, 0) is 5.33 Å². The summed E-state index contributed by atoms with van der Waals surface area (Å²) >= 11 is 15.1. The van der Waals surface area contributed by atoms with Crippen LogP contribution in [-0.4, -0.2) is 4.98 Å². The van der Waals surface area contributed by atoms with Gasteiger partial charge in [-0.2, -0.15) is 0 Å². The molecule has 1 aromatic carbocycles. The first-order valence-corrected chi connectivity index (χ1v) is 6.69. The van der Waals surface area contributed by atoms with E-state index in [0.717, 1.165) is 11.3 Å². The maximum atomic E-state index is 5.91. The first-order chi connectivity index (χ1) is 8.19. The molecule has 5 heteroatoms. The van der Waals surface area contributed by atoms with E-state index in [1.54, 1.807) is 24.5 Å². The fourth-order valence-corrected chi connectivity index (χ4v) is 2.12. The van der Waals surface area contributed by atoms with E-state index in [2.05, 4.69) is 20.9 Å². The number of rotatable bonds is 3. The fraction of sp³-hybridized carbons (Fsp3) is 0.0833. The third kappa shape index (κ3) is 3.35. The molecule has 1 aromatic heterocycles. The van der Waals surface area contributed by atoms with Crippen LogP contribution >= 0.6 is 39.1 Å². The van der Waals surface area contributed by atoms with Crippen molar-refractivity contribution in [2.45, 2.75) is 5.33 Å². The molecule has 0 atom stereocenters. The molecule has 0 spiro atoms. The minimum atomic E-state index is 0.539. The fourth-order valence-electron chi connectivity index (χ4n) is 1.33. The van der Waals surface area contributed by atoms with Crippen LogP contribution < -0.4 is 4.74 Å². The molecule has 0 amide bonds. The van der Waals surface area contributed by atoms with Crippen LogP contribution in [0.1, 0.15) is 5.56 Å². The summed E-state index contributed by atoms with van der Waals surface area (Å²) in [6.45, 7) is 0. The van der Waals surface area contributed by atoms with E-state index in [9.17, 15) is 0 Å². The molecule has 17 heavy (non-hydrogen) atoms. The lowest BCUT2D eigenvalue weighted by molar-refractivity contribution is 0.476. The van der Waals surface area contributed by atoms with E-state index < -0.39 is 0 Å². The molecule has 2 aromatic rings. The Bertz CT molecular complexity index is 534. The summed E-state index contributed by atoms with van der Waals surface area (Å²) in [5.74, 6) is 1.33. The monoisotopic (exact) mass is 331 g/mol. The molecule has 0 bridgehead atoms. The molecular weight excluding hydrogens is 325 g/mol. The molecule has 0 N–H and O–H groups in total. The number of nitrogens with zero attached hydrogens (tertiary/aromatic N) is 1. The van der Waals surface area contributed by atoms with Gasteiger partial charge in [-0.05, 0) is 18.2 Å². The van der Waals surface area contributed by atoms with Gasteiger partial charge in [0.25, 0.3) is 0 Å². The van der Waals surface area contributed by atoms with E-state index in [1.165, 1.54) is 0 Å². The molecule has 0 aliphatic heterocycles. The number of hydrogen-bond acceptors (Lipinski definition) is 2. The third-order valence-corrected chi connectivity index (χ3v) is 3.12. The van der Waals surface area contributed by atoms with Crippen LogP contribution in [0.3, 0.4) is 0 Å². The Morgan fingerprint density at radius 3 is 2.65 bits per heavy atom. The molecule has 0 aliphatic rings. The molecule has 0 saturated carbocycles. The molecule has 0 unspecified atom stereocenters. The molecule has 0 saturated heterocycles. The maximum absolute atomic E-state index is 5.91. The smallest absolute Gasteiger partial charge is 0.147 e. The van der Waals surface area contributed by atoms with E-state index in [1.807, 2.05) is 12.1 Å². The molecule has 0 aliphatic carbocycles. The Balaban J connectivity index is 2.29. The second-order valence-electron chi connectivity index (χ2n) is 3.33. The largest absolute Gasteiger partial charge is 0.455 e. The summed E-state index contributed by atoms with van der Waals surface area (Å²) in [5.41, 5.74) is 0.970. The first kappa shape index (κ1) is 12.7. The summed E-state index contributed by atoms with van der Waals surface area (Å²) in [4.78, 5) is 3.96. The van der Waals surface area contributed by atoms with Gasteiger partial charge in [-0.1, -0.05) is 39.1 Å². The molecule has 0 radical (unpaired) electrons. The highest BCUT2D eigenvalue weighted by molar-refractivity contribution is 9.08. The highest BCUT2D eigenvalue weighted by Crippen LogP contribution is 2.29. The highest BCUT2D eigenvalue weighted by Gasteiger charge is 2.05. The number of alkyl halides is 1. The van der Waals surface area contributed by atoms with Crippen molar-refractivity contribution in [3.8, 4) is 11.5 Å². The second-order valence-corrected chi connectivity index (χ2v) is 4.76. The van der Waals surface area contributed by atoms with Gasteiger partial charge >= 0.3 is 0 Å². The van der Waals surface area contributed by atoms with Gasteiger partial charge in [-0.3, -0.25) is 4.98 Å². The van der Waals surface area contributed by atoms with Crippen LogP contribution in [0.4, 0.5) is 0 Å². The van der Waals surface area contributed by atoms with Gasteiger partial charge in [0.15, 0.2) is 0 Å². The van der Waals surface area contributed by atoms with Crippen molar-refractivity contribution < 1.29 is 4.74 Å². The Labute approximate surface area is 118 Å². The predicted molar refractivity (Wildman–Crippen MR) is 73.4 cm³/mol. The quantitative estimate of drug-likeness (QED) is 0.731. The normalized spacial score (nSPS) is 10.3. The van der Waals surface area contributed by atoms with Gasteiger partial charge in [0.1, 0.15) is 11.5 Å². The third-order valence-electron chi connectivity index (χ3n) is 2.07. The molecule has 88 valence electrons. The number of ether oxygens (including phenoxy) is 1. The predicted octanol–water partition coefficient (Wildman–Crippen LogP) is 5.08. The topological polar surface area (TPSA) is 22.1 Å². The molecular formula is C12H8BrCl2NO. The standard InChI is InChI=1S/C12H8BrCl2NO/c13-5-8-3-9(14)1-2-12(8)17-11-4-10(15)6-16-7-11/h1-4,6-7H,5H2. The van der Waals surface area contributed by atoms with Crippen molar-refractivity contribution in [3.63, 3.8) is 0 Å². The van der Waals surface area contributed by atoms with Crippen molar-refractivity contribution in [1.29, 1.82) is 0 Å². The Morgan fingerprint density at radius 2 is 1.94 bits per heavy atom. The zero-order chi connectivity index (χ0) is 12.3. The molecule has 2 nitrogen and oxygen atoms in total. The second kappa shape index (κ2) is 5.71. The average molecular weight is 333 g/mol. The van der Waals surface area contributed by atoms with Crippen molar-refractivity contribution in [2.75, 3.05) is 0 Å². The molecule has 2 rings (SSSR count). The lowest BCUT2D eigenvalue weighted by Gasteiger charge is -2.09. The van der Waals surface area contributed by atoms with Crippen molar-refractivity contribution in [2.24, 2.45) is 0 Å². The van der Waals surface area contributed by atoms with Crippen LogP contribution in [0.25, 0.3) is 0 Å². The zero-order valence-corrected chi connectivity index (χ0v) is 11.8. The number of pyridine rings is 1. The minimum absolute atomic E-state index is 0.539. The number of aromatic nitrogens is 1. The van der Waals surface area contributed by atoms with Crippen LogP contribution in [0.2, 0.25) is 10.0 Å². The van der Waals surface area contributed by atoms with E-state index in [-0.39, 0.29) is 0 Å². The molecule has 1 heterocycles. The number of hydrogen-bond donors (Lipinski definition) is 0. The van der Waals surface area contributed by atoms with Gasteiger partial charge in [0.05, 0.1) is 11.2 Å². The lowest BCUT2D eigenvalue weighted by Crippen LogP contribution is -1.90. The van der Waals surface area contributed by atoms with Crippen LogP contribution in [0, 0.1) is 0 Å². The average Bonchev–Trinajstić information content (AvgIpc) is 2.31. The van der Waals surface area contributed by atoms with Gasteiger partial charge in [-0.15, -0.1) is 0 Å². The SMILES string of the molecule is Clc1cncc(Oc2ccc(Cl)cc2CBr)c1. The number of benzene rings is 1. The highest BCUT2D eigenvalue weighted by atomic mass is 79.9. The maximum Gasteiger partial charge on any atom is 0.147 e. The number of halogens is 3. The summed E-state index contributed by atoms with van der Waals surface area (Å²) in [7, 11) is 0. The summed E-state index contributed by atoms with van der Waals surface area (Å²) in [6, 6.07) is 7.16.